The number of carbonyl (C=O) groups excluding carboxylic acids is 1. The summed E-state index contributed by atoms with van der Waals surface area (Å²) < 4.78 is 5.64. The lowest BCUT2D eigenvalue weighted by Gasteiger charge is -1.96. The fourth-order valence-electron chi connectivity index (χ4n) is 1.38. The number of rotatable bonds is 1. The summed E-state index contributed by atoms with van der Waals surface area (Å²) in [5.74, 6) is -0.345. The number of hydrogen-bond donors (Lipinski definition) is 1. The molecule has 2 rings (SSSR count). The Balaban J connectivity index is 2.64. The van der Waals surface area contributed by atoms with Gasteiger partial charge in [0.1, 0.15) is 5.69 Å². The molecule has 0 saturated heterocycles. The second-order valence-electron chi connectivity index (χ2n) is 2.89. The van der Waals surface area contributed by atoms with Gasteiger partial charge in [-0.3, -0.25) is 0 Å². The number of hydrogen-bond acceptors (Lipinski definition) is 2. The molecule has 14 heavy (non-hydrogen) atoms. The number of H-pyrrole nitrogens is 1. The van der Waals surface area contributed by atoms with Crippen molar-refractivity contribution in [2.45, 2.75) is 0 Å². The minimum Gasteiger partial charge on any atom is -0.464 e. The van der Waals surface area contributed by atoms with Crippen LogP contribution < -0.4 is 0 Å². The van der Waals surface area contributed by atoms with E-state index < -0.39 is 0 Å². The van der Waals surface area contributed by atoms with E-state index in [1.54, 1.807) is 6.20 Å². The van der Waals surface area contributed by atoms with E-state index in [0.717, 1.165) is 15.2 Å². The Bertz CT molecular complexity index is 490. The third-order valence-corrected chi connectivity index (χ3v) is 2.54. The SMILES string of the molecule is COC(=O)c1[nH]cc2cc(Br)ccc12. The van der Waals surface area contributed by atoms with Crippen molar-refractivity contribution in [3.63, 3.8) is 0 Å². The molecule has 1 aromatic heterocycles. The van der Waals surface area contributed by atoms with Gasteiger partial charge in [-0.15, -0.1) is 0 Å². The Morgan fingerprint density at radius 2 is 2.29 bits per heavy atom. The highest BCUT2D eigenvalue weighted by Crippen LogP contribution is 2.22. The highest BCUT2D eigenvalue weighted by molar-refractivity contribution is 9.10. The molecule has 0 aliphatic heterocycles. The highest BCUT2D eigenvalue weighted by atomic mass is 79.9. The third kappa shape index (κ3) is 1.42. The summed E-state index contributed by atoms with van der Waals surface area (Å²) in [6, 6.07) is 5.71. The molecule has 0 aliphatic carbocycles. The number of methoxy groups -OCH3 is 1. The van der Waals surface area contributed by atoms with Crippen molar-refractivity contribution < 1.29 is 9.53 Å². The monoisotopic (exact) mass is 253 g/mol. The molecule has 4 heteroatoms. The normalized spacial score (nSPS) is 10.4. The lowest BCUT2D eigenvalue weighted by atomic mass is 10.2. The van der Waals surface area contributed by atoms with Gasteiger partial charge in [-0.05, 0) is 12.1 Å². The molecule has 0 amide bonds. The zero-order chi connectivity index (χ0) is 10.1. The van der Waals surface area contributed by atoms with Crippen molar-refractivity contribution in [1.29, 1.82) is 0 Å². The second kappa shape index (κ2) is 3.46. The lowest BCUT2D eigenvalue weighted by Crippen LogP contribution is -2.01. The first-order chi connectivity index (χ1) is 6.72. The van der Waals surface area contributed by atoms with Crippen molar-refractivity contribution in [2.24, 2.45) is 0 Å². The highest BCUT2D eigenvalue weighted by Gasteiger charge is 2.11. The summed E-state index contributed by atoms with van der Waals surface area (Å²) in [7, 11) is 1.37. The number of aromatic amines is 1. The molecular weight excluding hydrogens is 246 g/mol. The number of carbonyl (C=O) groups is 1. The van der Waals surface area contributed by atoms with Crippen LogP contribution in [0.2, 0.25) is 0 Å². The first-order valence-electron chi connectivity index (χ1n) is 4.07. The third-order valence-electron chi connectivity index (χ3n) is 2.04. The van der Waals surface area contributed by atoms with Gasteiger partial charge in [0.25, 0.3) is 0 Å². The van der Waals surface area contributed by atoms with Gasteiger partial charge >= 0.3 is 5.97 Å². The molecule has 0 saturated carbocycles. The van der Waals surface area contributed by atoms with E-state index in [2.05, 4.69) is 25.7 Å². The van der Waals surface area contributed by atoms with E-state index in [0.29, 0.717) is 5.69 Å². The molecule has 3 nitrogen and oxygen atoms in total. The number of esters is 1. The molecule has 0 bridgehead atoms. The van der Waals surface area contributed by atoms with Gasteiger partial charge in [0.2, 0.25) is 0 Å². The molecule has 1 heterocycles. The van der Waals surface area contributed by atoms with Gasteiger partial charge in [-0.25, -0.2) is 4.79 Å². The van der Waals surface area contributed by atoms with Crippen LogP contribution in [0.3, 0.4) is 0 Å². The Kier molecular flexibility index (Phi) is 2.29. The van der Waals surface area contributed by atoms with Gasteiger partial charge in [-0.1, -0.05) is 22.0 Å². The lowest BCUT2D eigenvalue weighted by molar-refractivity contribution is 0.0597. The van der Waals surface area contributed by atoms with E-state index in [1.165, 1.54) is 7.11 Å². The Labute approximate surface area is 89.2 Å². The average Bonchev–Trinajstić information content (AvgIpc) is 2.59. The number of ether oxygens (including phenoxy) is 1. The topological polar surface area (TPSA) is 42.1 Å². The summed E-state index contributed by atoms with van der Waals surface area (Å²) in [4.78, 5) is 14.2. The van der Waals surface area contributed by atoms with Crippen LogP contribution in [0.15, 0.2) is 28.9 Å². The maximum Gasteiger partial charge on any atom is 0.355 e. The van der Waals surface area contributed by atoms with Crippen molar-refractivity contribution in [2.75, 3.05) is 7.11 Å². The molecule has 0 radical (unpaired) electrons. The Morgan fingerprint density at radius 3 is 3.00 bits per heavy atom. The number of halogens is 1. The van der Waals surface area contributed by atoms with E-state index in [9.17, 15) is 4.79 Å². The molecule has 0 fully saturated rings. The minimum atomic E-state index is -0.345. The van der Waals surface area contributed by atoms with E-state index in [-0.39, 0.29) is 5.97 Å². The molecule has 1 N–H and O–H groups in total. The number of nitrogens with one attached hydrogen (secondary N) is 1. The van der Waals surface area contributed by atoms with Gasteiger partial charge in [0, 0.05) is 21.4 Å². The van der Waals surface area contributed by atoms with E-state index in [1.807, 2.05) is 18.2 Å². The average molecular weight is 254 g/mol. The predicted octanol–water partition coefficient (Wildman–Crippen LogP) is 2.72. The van der Waals surface area contributed by atoms with Crippen molar-refractivity contribution in [1.82, 2.24) is 4.98 Å². The summed E-state index contributed by atoms with van der Waals surface area (Å²) in [6.45, 7) is 0. The van der Waals surface area contributed by atoms with Crippen LogP contribution in [-0.4, -0.2) is 18.1 Å². The first-order valence-corrected chi connectivity index (χ1v) is 4.86. The molecule has 0 aliphatic rings. The predicted molar refractivity (Wildman–Crippen MR) is 57.3 cm³/mol. The standard InChI is InChI=1S/C10H8BrNO2/c1-14-10(13)9-8-3-2-7(11)4-6(8)5-12-9/h2-5,12H,1H3. The van der Waals surface area contributed by atoms with Crippen molar-refractivity contribution >= 4 is 32.7 Å². The molecular formula is C10H8BrNO2. The van der Waals surface area contributed by atoms with E-state index >= 15 is 0 Å². The summed E-state index contributed by atoms with van der Waals surface area (Å²) in [5, 5.41) is 1.86. The largest absolute Gasteiger partial charge is 0.464 e. The Morgan fingerprint density at radius 1 is 1.50 bits per heavy atom. The fraction of sp³-hybridized carbons (Fsp3) is 0.100. The summed E-state index contributed by atoms with van der Waals surface area (Å²) in [6.07, 6.45) is 1.78. The Hall–Kier alpha value is -1.29. The van der Waals surface area contributed by atoms with Crippen LogP contribution >= 0.6 is 15.9 Å². The zero-order valence-electron chi connectivity index (χ0n) is 7.50. The number of aromatic nitrogens is 1. The quantitative estimate of drug-likeness (QED) is 0.795. The molecule has 0 spiro atoms. The van der Waals surface area contributed by atoms with Gasteiger partial charge in [0.15, 0.2) is 0 Å². The molecule has 1 aromatic carbocycles. The summed E-state index contributed by atoms with van der Waals surface area (Å²) >= 11 is 3.37. The zero-order valence-corrected chi connectivity index (χ0v) is 9.09. The molecule has 72 valence electrons. The van der Waals surface area contributed by atoms with Crippen LogP contribution in [-0.2, 0) is 4.74 Å². The van der Waals surface area contributed by atoms with Gasteiger partial charge in [-0.2, -0.15) is 0 Å². The van der Waals surface area contributed by atoms with Crippen LogP contribution in [0.1, 0.15) is 10.5 Å². The second-order valence-corrected chi connectivity index (χ2v) is 3.80. The first kappa shape index (κ1) is 9.27. The van der Waals surface area contributed by atoms with Crippen molar-refractivity contribution in [3.05, 3.63) is 34.6 Å². The minimum absolute atomic E-state index is 0.345. The van der Waals surface area contributed by atoms with Gasteiger partial charge < -0.3 is 9.72 Å². The molecule has 0 unspecified atom stereocenters. The summed E-state index contributed by atoms with van der Waals surface area (Å²) in [5.41, 5.74) is 0.495. The van der Waals surface area contributed by atoms with Crippen LogP contribution in [0.4, 0.5) is 0 Å². The van der Waals surface area contributed by atoms with Crippen LogP contribution in [0.25, 0.3) is 10.8 Å². The van der Waals surface area contributed by atoms with Crippen molar-refractivity contribution in [3.8, 4) is 0 Å². The van der Waals surface area contributed by atoms with Crippen LogP contribution in [0, 0.1) is 0 Å². The number of benzene rings is 1. The maximum absolute atomic E-state index is 11.3. The number of fused-ring (bicyclic) bond motifs is 1. The molecule has 2 aromatic rings. The van der Waals surface area contributed by atoms with Crippen LogP contribution in [0.5, 0.6) is 0 Å². The van der Waals surface area contributed by atoms with Gasteiger partial charge in [0.05, 0.1) is 7.11 Å². The fourth-order valence-corrected chi connectivity index (χ4v) is 1.76. The molecule has 0 atom stereocenters. The van der Waals surface area contributed by atoms with E-state index in [4.69, 9.17) is 0 Å². The maximum atomic E-state index is 11.3. The smallest absolute Gasteiger partial charge is 0.355 e.